The van der Waals surface area contributed by atoms with Crippen molar-refractivity contribution >= 4 is 11.6 Å². The van der Waals surface area contributed by atoms with Crippen LogP contribution in [0.1, 0.15) is 6.92 Å². The van der Waals surface area contributed by atoms with Gasteiger partial charge in [-0.15, -0.1) is 0 Å². The van der Waals surface area contributed by atoms with Gasteiger partial charge in [0.25, 0.3) is 11.8 Å². The summed E-state index contributed by atoms with van der Waals surface area (Å²) in [5.74, 6) is 0.279. The Morgan fingerprint density at radius 2 is 2.24 bits per heavy atom. The predicted molar refractivity (Wildman–Crippen MR) is 63.0 cm³/mol. The first-order chi connectivity index (χ1) is 8.11. The van der Waals surface area contributed by atoms with Crippen molar-refractivity contribution < 1.29 is 8.91 Å². The molecule has 17 heavy (non-hydrogen) atoms. The molecule has 0 unspecified atom stereocenters. The van der Waals surface area contributed by atoms with Gasteiger partial charge in [-0.2, -0.15) is 4.98 Å². The smallest absolute Gasteiger partial charge is 0.266 e. The lowest BCUT2D eigenvalue weighted by Crippen LogP contribution is -2.16. The van der Waals surface area contributed by atoms with Gasteiger partial charge < -0.3 is 15.2 Å². The van der Waals surface area contributed by atoms with Crippen molar-refractivity contribution in [1.29, 1.82) is 0 Å². The lowest BCUT2D eigenvalue weighted by atomic mass is 10.2. The van der Waals surface area contributed by atoms with Gasteiger partial charge in [0.2, 0.25) is 0 Å². The van der Waals surface area contributed by atoms with Crippen molar-refractivity contribution in [3.63, 3.8) is 0 Å². The standard InChI is InChI=1S/C11H13FN4O/c1-3-16(2)11-14-10(17-15-11)8-6-7(12)4-5-9(8)13/h4-6H,3,13H2,1-2H3. The Morgan fingerprint density at radius 3 is 2.94 bits per heavy atom. The average molecular weight is 236 g/mol. The van der Waals surface area contributed by atoms with Gasteiger partial charge in [0.1, 0.15) is 5.82 Å². The van der Waals surface area contributed by atoms with Gasteiger partial charge >= 0.3 is 0 Å². The number of halogens is 1. The minimum atomic E-state index is -0.391. The fourth-order valence-corrected chi connectivity index (χ4v) is 1.34. The molecule has 5 nitrogen and oxygen atoms in total. The molecule has 0 radical (unpaired) electrons. The molecule has 0 atom stereocenters. The van der Waals surface area contributed by atoms with Crippen LogP contribution in [-0.2, 0) is 0 Å². The van der Waals surface area contributed by atoms with Crippen LogP contribution in [0.15, 0.2) is 22.7 Å². The van der Waals surface area contributed by atoms with Gasteiger partial charge in [-0.05, 0) is 30.3 Å². The second-order valence-electron chi connectivity index (χ2n) is 3.65. The van der Waals surface area contributed by atoms with Crippen LogP contribution < -0.4 is 10.6 Å². The topological polar surface area (TPSA) is 68.2 Å². The summed E-state index contributed by atoms with van der Waals surface area (Å²) < 4.78 is 18.2. The molecule has 0 aliphatic heterocycles. The number of rotatable bonds is 3. The summed E-state index contributed by atoms with van der Waals surface area (Å²) in [6.07, 6.45) is 0. The van der Waals surface area contributed by atoms with Crippen molar-refractivity contribution in [1.82, 2.24) is 10.1 Å². The maximum Gasteiger partial charge on any atom is 0.266 e. The summed E-state index contributed by atoms with van der Waals surface area (Å²) in [6, 6.07) is 4.03. The van der Waals surface area contributed by atoms with Gasteiger partial charge in [0.15, 0.2) is 0 Å². The third kappa shape index (κ3) is 2.20. The van der Waals surface area contributed by atoms with Crippen LogP contribution in [-0.4, -0.2) is 23.7 Å². The molecular weight excluding hydrogens is 223 g/mol. The van der Waals surface area contributed by atoms with Gasteiger partial charge in [-0.3, -0.25) is 0 Å². The van der Waals surface area contributed by atoms with Gasteiger partial charge in [-0.25, -0.2) is 4.39 Å². The van der Waals surface area contributed by atoms with Crippen LogP contribution in [0.2, 0.25) is 0 Å². The van der Waals surface area contributed by atoms with Gasteiger partial charge in [0, 0.05) is 19.3 Å². The van der Waals surface area contributed by atoms with Gasteiger partial charge in [0.05, 0.1) is 5.56 Å². The summed E-state index contributed by atoms with van der Waals surface area (Å²) in [6.45, 7) is 2.71. The zero-order chi connectivity index (χ0) is 12.4. The van der Waals surface area contributed by atoms with Crippen molar-refractivity contribution in [3.05, 3.63) is 24.0 Å². The summed E-state index contributed by atoms with van der Waals surface area (Å²) in [4.78, 5) is 5.96. The summed E-state index contributed by atoms with van der Waals surface area (Å²) in [5.41, 5.74) is 6.55. The Labute approximate surface area is 98.0 Å². The van der Waals surface area contributed by atoms with Crippen molar-refractivity contribution in [2.45, 2.75) is 6.92 Å². The van der Waals surface area contributed by atoms with Crippen LogP contribution in [0.25, 0.3) is 11.5 Å². The van der Waals surface area contributed by atoms with Crippen LogP contribution in [0.5, 0.6) is 0 Å². The number of nitrogen functional groups attached to an aromatic ring is 1. The van der Waals surface area contributed by atoms with E-state index in [4.69, 9.17) is 10.3 Å². The van der Waals surface area contributed by atoms with Crippen molar-refractivity contribution in [2.75, 3.05) is 24.2 Å². The summed E-state index contributed by atoms with van der Waals surface area (Å²) in [7, 11) is 1.84. The normalized spacial score (nSPS) is 10.5. The molecule has 0 bridgehead atoms. The highest BCUT2D eigenvalue weighted by atomic mass is 19.1. The van der Waals surface area contributed by atoms with Crippen LogP contribution in [0.4, 0.5) is 16.0 Å². The number of hydrogen-bond acceptors (Lipinski definition) is 5. The van der Waals surface area contributed by atoms with E-state index in [2.05, 4.69) is 10.1 Å². The maximum atomic E-state index is 13.1. The molecule has 0 aliphatic rings. The zero-order valence-electron chi connectivity index (χ0n) is 9.64. The molecular formula is C11H13FN4O. The lowest BCUT2D eigenvalue weighted by Gasteiger charge is -2.08. The van der Waals surface area contributed by atoms with Crippen molar-refractivity contribution in [2.24, 2.45) is 0 Å². The highest BCUT2D eigenvalue weighted by Gasteiger charge is 2.14. The Hall–Kier alpha value is -2.11. The molecule has 0 saturated carbocycles. The maximum absolute atomic E-state index is 13.1. The van der Waals surface area contributed by atoms with Crippen LogP contribution >= 0.6 is 0 Å². The lowest BCUT2D eigenvalue weighted by molar-refractivity contribution is 0.430. The molecule has 6 heteroatoms. The van der Waals surface area contributed by atoms with Crippen LogP contribution in [0.3, 0.4) is 0 Å². The zero-order valence-corrected chi connectivity index (χ0v) is 9.64. The average Bonchev–Trinajstić information content (AvgIpc) is 2.80. The number of nitrogens with zero attached hydrogens (tertiary/aromatic N) is 3. The fraction of sp³-hybridized carbons (Fsp3) is 0.273. The summed E-state index contributed by atoms with van der Waals surface area (Å²) >= 11 is 0. The molecule has 0 amide bonds. The summed E-state index contributed by atoms with van der Waals surface area (Å²) in [5, 5.41) is 3.80. The van der Waals surface area contributed by atoms with E-state index in [1.54, 1.807) is 0 Å². The van der Waals surface area contributed by atoms with Crippen LogP contribution in [0, 0.1) is 5.82 Å². The highest BCUT2D eigenvalue weighted by molar-refractivity contribution is 5.70. The SMILES string of the molecule is CCN(C)c1noc(-c2cc(F)ccc2N)n1. The molecule has 1 heterocycles. The first-order valence-electron chi connectivity index (χ1n) is 5.22. The molecule has 90 valence electrons. The molecule has 0 fully saturated rings. The van der Waals surface area contributed by atoms with Crippen molar-refractivity contribution in [3.8, 4) is 11.5 Å². The number of benzene rings is 1. The number of nitrogens with two attached hydrogens (primary N) is 1. The Morgan fingerprint density at radius 1 is 1.47 bits per heavy atom. The second kappa shape index (κ2) is 4.40. The van der Waals surface area contributed by atoms with E-state index in [0.717, 1.165) is 6.54 Å². The fourth-order valence-electron chi connectivity index (χ4n) is 1.34. The molecule has 2 aromatic rings. The second-order valence-corrected chi connectivity index (χ2v) is 3.65. The molecule has 0 saturated heterocycles. The third-order valence-corrected chi connectivity index (χ3v) is 2.48. The Balaban J connectivity index is 2.40. The number of anilines is 2. The Bertz CT molecular complexity index is 526. The van der Waals surface area contributed by atoms with E-state index in [1.807, 2.05) is 18.9 Å². The molecule has 1 aromatic heterocycles. The molecule has 0 spiro atoms. The van der Waals surface area contributed by atoms with E-state index in [0.29, 0.717) is 17.2 Å². The van der Waals surface area contributed by atoms with Gasteiger partial charge in [-0.1, -0.05) is 0 Å². The molecule has 2 N–H and O–H groups in total. The Kier molecular flexibility index (Phi) is 2.95. The largest absolute Gasteiger partial charge is 0.398 e. The van der Waals surface area contributed by atoms with E-state index in [1.165, 1.54) is 18.2 Å². The monoisotopic (exact) mass is 236 g/mol. The molecule has 0 aliphatic carbocycles. The minimum Gasteiger partial charge on any atom is -0.398 e. The first-order valence-corrected chi connectivity index (χ1v) is 5.22. The predicted octanol–water partition coefficient (Wildman–Crippen LogP) is 1.91. The van der Waals surface area contributed by atoms with E-state index < -0.39 is 5.82 Å². The third-order valence-electron chi connectivity index (χ3n) is 2.48. The molecule has 1 aromatic carbocycles. The quantitative estimate of drug-likeness (QED) is 0.824. The minimum absolute atomic E-state index is 0.220. The number of aromatic nitrogens is 2. The highest BCUT2D eigenvalue weighted by Crippen LogP contribution is 2.26. The first kappa shape index (κ1) is 11.4. The molecule has 2 rings (SSSR count). The van der Waals surface area contributed by atoms with E-state index in [9.17, 15) is 4.39 Å². The van der Waals surface area contributed by atoms with E-state index in [-0.39, 0.29) is 5.89 Å². The van der Waals surface area contributed by atoms with E-state index >= 15 is 0 Å². The number of hydrogen-bond donors (Lipinski definition) is 1.